The van der Waals surface area contributed by atoms with Crippen LogP contribution in [-0.2, 0) is 5.41 Å². The van der Waals surface area contributed by atoms with Crippen LogP contribution in [0.1, 0.15) is 25.0 Å². The van der Waals surface area contributed by atoms with Crippen LogP contribution in [0.15, 0.2) is 188 Å². The summed E-state index contributed by atoms with van der Waals surface area (Å²) in [4.78, 5) is 2.45. The summed E-state index contributed by atoms with van der Waals surface area (Å²) in [5, 5.41) is 2.52. The lowest BCUT2D eigenvalue weighted by Gasteiger charge is -2.29. The molecule has 0 spiro atoms. The highest BCUT2D eigenvalue weighted by atomic mass is 15.1. The van der Waals surface area contributed by atoms with Gasteiger partial charge in [0.1, 0.15) is 0 Å². The molecule has 0 atom stereocenters. The van der Waals surface area contributed by atoms with E-state index < -0.39 is 0 Å². The minimum atomic E-state index is -0.0891. The van der Waals surface area contributed by atoms with Crippen LogP contribution < -0.4 is 4.90 Å². The summed E-state index contributed by atoms with van der Waals surface area (Å²) in [7, 11) is 0. The Morgan fingerprint density at radius 3 is 1.76 bits per heavy atom. The average molecular weight is 640 g/mol. The molecule has 0 amide bonds. The maximum atomic E-state index is 2.45. The van der Waals surface area contributed by atoms with Crippen molar-refractivity contribution in [3.63, 3.8) is 0 Å². The summed E-state index contributed by atoms with van der Waals surface area (Å²) in [5.74, 6) is 0. The summed E-state index contributed by atoms with van der Waals surface area (Å²) in [6.45, 7) is 4.70. The zero-order chi connectivity index (χ0) is 33.7. The molecule has 50 heavy (non-hydrogen) atoms. The fourth-order valence-electron chi connectivity index (χ4n) is 7.93. The van der Waals surface area contributed by atoms with Gasteiger partial charge < -0.3 is 4.90 Å². The molecule has 1 heteroatoms. The summed E-state index contributed by atoms with van der Waals surface area (Å²) >= 11 is 0. The molecular weight excluding hydrogens is 603 g/mol. The maximum absolute atomic E-state index is 2.45. The van der Waals surface area contributed by atoms with Gasteiger partial charge in [-0.3, -0.25) is 0 Å². The van der Waals surface area contributed by atoms with Gasteiger partial charge in [0.2, 0.25) is 0 Å². The fraction of sp³-hybridized carbons (Fsp3) is 0.0612. The summed E-state index contributed by atoms with van der Waals surface area (Å²) < 4.78 is 0. The van der Waals surface area contributed by atoms with Gasteiger partial charge in [-0.15, -0.1) is 0 Å². The number of hydrogen-bond donors (Lipinski definition) is 0. The highest BCUT2D eigenvalue weighted by molar-refractivity contribution is 5.98. The monoisotopic (exact) mass is 639 g/mol. The van der Waals surface area contributed by atoms with Gasteiger partial charge >= 0.3 is 0 Å². The normalized spacial score (nSPS) is 12.8. The second-order valence-corrected chi connectivity index (χ2v) is 13.8. The molecule has 0 aromatic heterocycles. The van der Waals surface area contributed by atoms with Crippen LogP contribution in [0.4, 0.5) is 17.1 Å². The molecular formula is C49H37N. The molecule has 0 bridgehead atoms. The van der Waals surface area contributed by atoms with Gasteiger partial charge in [-0.1, -0.05) is 172 Å². The van der Waals surface area contributed by atoms with Gasteiger partial charge in [-0.2, -0.15) is 0 Å². The topological polar surface area (TPSA) is 3.24 Å². The number of rotatable bonds is 6. The lowest BCUT2D eigenvalue weighted by Crippen LogP contribution is -2.16. The van der Waals surface area contributed by atoms with E-state index in [0.29, 0.717) is 0 Å². The van der Waals surface area contributed by atoms with Crippen molar-refractivity contribution in [1.29, 1.82) is 0 Å². The van der Waals surface area contributed by atoms with Crippen LogP contribution in [0.25, 0.3) is 55.3 Å². The number of anilines is 3. The molecule has 1 nitrogen and oxygen atoms in total. The zero-order valence-electron chi connectivity index (χ0n) is 28.3. The van der Waals surface area contributed by atoms with Crippen molar-refractivity contribution in [3.8, 4) is 44.5 Å². The molecule has 0 aliphatic heterocycles. The number of nitrogens with zero attached hydrogens (tertiary/aromatic N) is 1. The largest absolute Gasteiger partial charge is 0.310 e. The third-order valence-electron chi connectivity index (χ3n) is 10.5. The molecule has 0 N–H and O–H groups in total. The van der Waals surface area contributed by atoms with Gasteiger partial charge in [0, 0.05) is 22.4 Å². The van der Waals surface area contributed by atoms with E-state index in [4.69, 9.17) is 0 Å². The van der Waals surface area contributed by atoms with Crippen LogP contribution in [0.5, 0.6) is 0 Å². The first-order chi connectivity index (χ1) is 24.6. The first-order valence-corrected chi connectivity index (χ1v) is 17.4. The number of hydrogen-bond acceptors (Lipinski definition) is 1. The molecule has 9 rings (SSSR count). The first-order valence-electron chi connectivity index (χ1n) is 17.4. The number of fused-ring (bicyclic) bond motifs is 4. The lowest BCUT2D eigenvalue weighted by molar-refractivity contribution is 0.660. The third-order valence-corrected chi connectivity index (χ3v) is 10.5. The molecule has 1 aliphatic carbocycles. The SMILES string of the molecule is CC1(C)c2ccccc2-c2c(N(c3ccc(-c4cccc5ccccc45)cc3)c3cccc(-c4ccc(-c5ccccc5)cc4)c3)cccc21. The van der Waals surface area contributed by atoms with Crippen LogP contribution in [0, 0.1) is 0 Å². The average Bonchev–Trinajstić information content (AvgIpc) is 3.42. The van der Waals surface area contributed by atoms with E-state index in [2.05, 4.69) is 207 Å². The Labute approximate surface area is 294 Å². The first kappa shape index (κ1) is 29.9. The Kier molecular flexibility index (Phi) is 7.21. The van der Waals surface area contributed by atoms with E-state index in [1.165, 1.54) is 72.1 Å². The third kappa shape index (κ3) is 5.02. The van der Waals surface area contributed by atoms with Crippen LogP contribution in [0.2, 0.25) is 0 Å². The van der Waals surface area contributed by atoms with Crippen molar-refractivity contribution in [2.45, 2.75) is 19.3 Å². The van der Waals surface area contributed by atoms with E-state index in [9.17, 15) is 0 Å². The van der Waals surface area contributed by atoms with Gasteiger partial charge in [0.05, 0.1) is 5.69 Å². The molecule has 238 valence electrons. The maximum Gasteiger partial charge on any atom is 0.0543 e. The molecule has 8 aromatic carbocycles. The molecule has 0 radical (unpaired) electrons. The molecule has 0 saturated heterocycles. The molecule has 8 aromatic rings. The van der Waals surface area contributed by atoms with E-state index in [0.717, 1.165) is 11.4 Å². The van der Waals surface area contributed by atoms with Gasteiger partial charge in [-0.05, 0) is 91.2 Å². The van der Waals surface area contributed by atoms with E-state index in [1.807, 2.05) is 0 Å². The Bertz CT molecular complexity index is 2480. The quantitative estimate of drug-likeness (QED) is 0.175. The molecule has 0 unspecified atom stereocenters. The van der Waals surface area contributed by atoms with Crippen molar-refractivity contribution < 1.29 is 0 Å². The van der Waals surface area contributed by atoms with Crippen molar-refractivity contribution in [1.82, 2.24) is 0 Å². The van der Waals surface area contributed by atoms with Crippen molar-refractivity contribution >= 4 is 27.8 Å². The van der Waals surface area contributed by atoms with Crippen molar-refractivity contribution in [2.24, 2.45) is 0 Å². The lowest BCUT2D eigenvalue weighted by atomic mass is 9.82. The smallest absolute Gasteiger partial charge is 0.0543 e. The standard InChI is InChI=1S/C49H37N/c1-49(2)45-22-9-8-20-44(45)48-46(49)23-12-24-47(48)50(40-31-29-38(30-32-40)43-21-11-16-37-15-6-7-19-42(37)43)41-18-10-17-39(33-41)36-27-25-35(26-28-36)34-13-4-3-5-14-34/h3-33H,1-2H3. The molecule has 0 fully saturated rings. The van der Waals surface area contributed by atoms with E-state index >= 15 is 0 Å². The summed E-state index contributed by atoms with van der Waals surface area (Å²) in [6.07, 6.45) is 0. The predicted molar refractivity (Wildman–Crippen MR) is 213 cm³/mol. The van der Waals surface area contributed by atoms with Crippen LogP contribution >= 0.6 is 0 Å². The molecule has 0 heterocycles. The van der Waals surface area contributed by atoms with Gasteiger partial charge in [0.25, 0.3) is 0 Å². The zero-order valence-corrected chi connectivity index (χ0v) is 28.3. The molecule has 0 saturated carbocycles. The summed E-state index contributed by atoms with van der Waals surface area (Å²) in [6, 6.07) is 68.6. The Balaban J connectivity index is 1.19. The second-order valence-electron chi connectivity index (χ2n) is 13.8. The number of benzene rings is 8. The van der Waals surface area contributed by atoms with Gasteiger partial charge in [0.15, 0.2) is 0 Å². The van der Waals surface area contributed by atoms with Crippen molar-refractivity contribution in [2.75, 3.05) is 4.90 Å². The molecule has 1 aliphatic rings. The van der Waals surface area contributed by atoms with E-state index in [-0.39, 0.29) is 5.41 Å². The van der Waals surface area contributed by atoms with Gasteiger partial charge in [-0.25, -0.2) is 0 Å². The van der Waals surface area contributed by atoms with E-state index in [1.54, 1.807) is 0 Å². The Morgan fingerprint density at radius 1 is 0.380 bits per heavy atom. The second kappa shape index (κ2) is 12.1. The summed E-state index contributed by atoms with van der Waals surface area (Å²) in [5.41, 5.74) is 16.0. The van der Waals surface area contributed by atoms with Crippen LogP contribution in [-0.4, -0.2) is 0 Å². The minimum Gasteiger partial charge on any atom is -0.310 e. The minimum absolute atomic E-state index is 0.0891. The van der Waals surface area contributed by atoms with Crippen molar-refractivity contribution in [3.05, 3.63) is 199 Å². The predicted octanol–water partition coefficient (Wildman–Crippen LogP) is 13.6. The fourth-order valence-corrected chi connectivity index (χ4v) is 7.93. The highest BCUT2D eigenvalue weighted by Gasteiger charge is 2.37. The Hall–Kier alpha value is -6.18. The Morgan fingerprint density at radius 2 is 0.940 bits per heavy atom. The van der Waals surface area contributed by atoms with Crippen LogP contribution in [0.3, 0.4) is 0 Å². The highest BCUT2D eigenvalue weighted by Crippen LogP contribution is 2.54.